The lowest BCUT2D eigenvalue weighted by Crippen LogP contribution is -2.24. The molecule has 1 atom stereocenters. The van der Waals surface area contributed by atoms with Crippen LogP contribution < -0.4 is 5.32 Å². The molecule has 10 heavy (non-hydrogen) atoms. The van der Waals surface area contributed by atoms with E-state index in [0.717, 1.165) is 6.29 Å². The van der Waals surface area contributed by atoms with Crippen molar-refractivity contribution in [2.24, 2.45) is 0 Å². The van der Waals surface area contributed by atoms with Gasteiger partial charge in [0.05, 0.1) is 0 Å². The van der Waals surface area contributed by atoms with Crippen LogP contribution in [0.15, 0.2) is 18.5 Å². The molecule has 0 saturated carbocycles. The highest BCUT2D eigenvalue weighted by atomic mass is 16.1. The van der Waals surface area contributed by atoms with Gasteiger partial charge in [-0.15, -0.1) is 0 Å². The molecule has 0 bridgehead atoms. The van der Waals surface area contributed by atoms with E-state index in [1.807, 2.05) is 0 Å². The second-order valence-corrected chi connectivity index (χ2v) is 1.86. The molecule has 0 aliphatic heterocycles. The highest BCUT2D eigenvalue weighted by Crippen LogP contribution is 1.93. The standard InChI is InChI=1S/C6H9N3O/c1-7-6(5-10)9-4-2-3-8-9/h2-7H,1H3. The Kier molecular flexibility index (Phi) is 2.17. The van der Waals surface area contributed by atoms with Crippen LogP contribution in [0.3, 0.4) is 0 Å². The second-order valence-electron chi connectivity index (χ2n) is 1.86. The summed E-state index contributed by atoms with van der Waals surface area (Å²) in [6.45, 7) is 0. The third-order valence-electron chi connectivity index (χ3n) is 1.23. The zero-order valence-corrected chi connectivity index (χ0v) is 5.69. The smallest absolute Gasteiger partial charge is 0.159 e. The lowest BCUT2D eigenvalue weighted by atomic mass is 10.5. The first-order valence-electron chi connectivity index (χ1n) is 3.00. The van der Waals surface area contributed by atoms with Crippen molar-refractivity contribution in [3.8, 4) is 0 Å². The van der Waals surface area contributed by atoms with Crippen molar-refractivity contribution in [2.75, 3.05) is 7.05 Å². The third kappa shape index (κ3) is 1.22. The van der Waals surface area contributed by atoms with E-state index >= 15 is 0 Å². The first-order valence-corrected chi connectivity index (χ1v) is 3.00. The van der Waals surface area contributed by atoms with Crippen LogP contribution in [0, 0.1) is 0 Å². The molecular formula is C6H9N3O. The van der Waals surface area contributed by atoms with Crippen molar-refractivity contribution >= 4 is 6.29 Å². The first-order chi connectivity index (χ1) is 4.88. The van der Waals surface area contributed by atoms with Crippen molar-refractivity contribution in [1.82, 2.24) is 15.1 Å². The Labute approximate surface area is 58.8 Å². The van der Waals surface area contributed by atoms with E-state index in [-0.39, 0.29) is 6.17 Å². The summed E-state index contributed by atoms with van der Waals surface area (Å²) in [5.41, 5.74) is 0. The average Bonchev–Trinajstić information content (AvgIpc) is 2.43. The van der Waals surface area contributed by atoms with Crippen molar-refractivity contribution in [2.45, 2.75) is 6.17 Å². The van der Waals surface area contributed by atoms with E-state index in [2.05, 4.69) is 10.4 Å². The SMILES string of the molecule is CNC(C=O)n1cccn1. The Bertz CT molecular complexity index is 195. The first kappa shape index (κ1) is 6.95. The summed E-state index contributed by atoms with van der Waals surface area (Å²) in [5, 5.41) is 6.67. The molecule has 0 saturated heterocycles. The van der Waals surface area contributed by atoms with Gasteiger partial charge >= 0.3 is 0 Å². The summed E-state index contributed by atoms with van der Waals surface area (Å²) in [5.74, 6) is 0. The zero-order chi connectivity index (χ0) is 7.40. The van der Waals surface area contributed by atoms with E-state index in [1.54, 1.807) is 30.2 Å². The molecule has 1 heterocycles. The number of likely N-dealkylation sites (N-methyl/N-ethyl adjacent to an activating group) is 1. The molecule has 0 fully saturated rings. The Morgan fingerprint density at radius 2 is 2.60 bits per heavy atom. The molecule has 1 unspecified atom stereocenters. The van der Waals surface area contributed by atoms with Crippen molar-refractivity contribution in [3.63, 3.8) is 0 Å². The predicted octanol–water partition coefficient (Wildman–Crippen LogP) is -0.200. The van der Waals surface area contributed by atoms with Crippen LogP contribution in [-0.4, -0.2) is 23.1 Å². The molecule has 0 aliphatic rings. The van der Waals surface area contributed by atoms with Crippen LogP contribution >= 0.6 is 0 Å². The quantitative estimate of drug-likeness (QED) is 0.590. The maximum Gasteiger partial charge on any atom is 0.159 e. The van der Waals surface area contributed by atoms with Gasteiger partial charge in [-0.25, -0.2) is 4.68 Å². The third-order valence-corrected chi connectivity index (χ3v) is 1.23. The van der Waals surface area contributed by atoms with Gasteiger partial charge in [-0.05, 0) is 13.1 Å². The van der Waals surface area contributed by atoms with Crippen LogP contribution in [0.2, 0.25) is 0 Å². The van der Waals surface area contributed by atoms with Crippen molar-refractivity contribution in [3.05, 3.63) is 18.5 Å². The Balaban J connectivity index is 2.73. The van der Waals surface area contributed by atoms with Gasteiger partial charge in [0.25, 0.3) is 0 Å². The maximum absolute atomic E-state index is 10.3. The molecule has 1 aromatic heterocycles. The predicted molar refractivity (Wildman–Crippen MR) is 36.4 cm³/mol. The summed E-state index contributed by atoms with van der Waals surface area (Å²) in [7, 11) is 1.71. The lowest BCUT2D eigenvalue weighted by Gasteiger charge is -2.07. The Morgan fingerprint density at radius 3 is 3.00 bits per heavy atom. The molecule has 1 N–H and O–H groups in total. The summed E-state index contributed by atoms with van der Waals surface area (Å²) in [6, 6.07) is 1.77. The van der Waals surface area contributed by atoms with Gasteiger partial charge in [0.15, 0.2) is 12.5 Å². The fraction of sp³-hybridized carbons (Fsp3) is 0.333. The molecule has 0 radical (unpaired) electrons. The Morgan fingerprint density at radius 1 is 1.80 bits per heavy atom. The van der Waals surface area contributed by atoms with Gasteiger partial charge in [-0.3, -0.25) is 10.1 Å². The van der Waals surface area contributed by atoms with E-state index < -0.39 is 0 Å². The number of aldehydes is 1. The number of nitrogens with zero attached hydrogens (tertiary/aromatic N) is 2. The summed E-state index contributed by atoms with van der Waals surface area (Å²) >= 11 is 0. The lowest BCUT2D eigenvalue weighted by molar-refractivity contribution is -0.111. The van der Waals surface area contributed by atoms with Crippen LogP contribution in [-0.2, 0) is 4.79 Å². The number of rotatable bonds is 3. The highest BCUT2D eigenvalue weighted by Gasteiger charge is 2.03. The van der Waals surface area contributed by atoms with Gasteiger partial charge in [0.1, 0.15) is 0 Å². The number of hydrogen-bond donors (Lipinski definition) is 1. The topological polar surface area (TPSA) is 46.9 Å². The summed E-state index contributed by atoms with van der Waals surface area (Å²) in [6.07, 6.45) is 3.83. The van der Waals surface area contributed by atoms with E-state index in [0.29, 0.717) is 0 Å². The molecule has 1 rings (SSSR count). The second kappa shape index (κ2) is 3.12. The average molecular weight is 139 g/mol. The largest absolute Gasteiger partial charge is 0.299 e. The van der Waals surface area contributed by atoms with Gasteiger partial charge in [-0.1, -0.05) is 0 Å². The molecule has 4 nitrogen and oxygen atoms in total. The fourth-order valence-corrected chi connectivity index (χ4v) is 0.708. The molecule has 4 heteroatoms. The van der Waals surface area contributed by atoms with Crippen molar-refractivity contribution < 1.29 is 4.79 Å². The number of carbonyl (C=O) groups is 1. The van der Waals surface area contributed by atoms with E-state index in [1.165, 1.54) is 0 Å². The van der Waals surface area contributed by atoms with E-state index in [9.17, 15) is 4.79 Å². The van der Waals surface area contributed by atoms with Gasteiger partial charge in [0, 0.05) is 12.4 Å². The molecule has 54 valence electrons. The van der Waals surface area contributed by atoms with Gasteiger partial charge in [-0.2, -0.15) is 5.10 Å². The van der Waals surface area contributed by atoms with Crippen LogP contribution in [0.1, 0.15) is 6.17 Å². The fourth-order valence-electron chi connectivity index (χ4n) is 0.708. The number of hydrogen-bond acceptors (Lipinski definition) is 3. The minimum Gasteiger partial charge on any atom is -0.299 e. The van der Waals surface area contributed by atoms with Gasteiger partial charge in [0.2, 0.25) is 0 Å². The molecule has 0 spiro atoms. The normalized spacial score (nSPS) is 12.9. The Hall–Kier alpha value is -1.16. The van der Waals surface area contributed by atoms with E-state index in [4.69, 9.17) is 0 Å². The number of carbonyl (C=O) groups excluding carboxylic acids is 1. The molecule has 0 aliphatic carbocycles. The minimum absolute atomic E-state index is 0.338. The van der Waals surface area contributed by atoms with Crippen LogP contribution in [0.5, 0.6) is 0 Å². The van der Waals surface area contributed by atoms with Crippen LogP contribution in [0.25, 0.3) is 0 Å². The maximum atomic E-state index is 10.3. The van der Waals surface area contributed by atoms with Crippen molar-refractivity contribution in [1.29, 1.82) is 0 Å². The minimum atomic E-state index is -0.338. The molecule has 0 aromatic carbocycles. The summed E-state index contributed by atoms with van der Waals surface area (Å²) in [4.78, 5) is 10.3. The number of nitrogens with one attached hydrogen (secondary N) is 1. The highest BCUT2D eigenvalue weighted by molar-refractivity contribution is 5.54. The summed E-state index contributed by atoms with van der Waals surface area (Å²) < 4.78 is 1.55. The molecule has 0 amide bonds. The monoisotopic (exact) mass is 139 g/mol. The number of aromatic nitrogens is 2. The molecule has 1 aromatic rings. The van der Waals surface area contributed by atoms with Gasteiger partial charge < -0.3 is 0 Å². The van der Waals surface area contributed by atoms with Crippen LogP contribution in [0.4, 0.5) is 0 Å². The molecular weight excluding hydrogens is 130 g/mol. The zero-order valence-electron chi connectivity index (χ0n) is 5.69.